The molecular formula is C12H20N2. The van der Waals surface area contributed by atoms with Crippen LogP contribution in [-0.2, 0) is 0 Å². The average Bonchev–Trinajstić information content (AvgIpc) is 2.19. The van der Waals surface area contributed by atoms with Crippen molar-refractivity contribution in [1.29, 1.82) is 5.26 Å². The summed E-state index contributed by atoms with van der Waals surface area (Å²) < 4.78 is 0. The van der Waals surface area contributed by atoms with Gasteiger partial charge < -0.3 is 0 Å². The normalized spacial score (nSPS) is 38.7. The van der Waals surface area contributed by atoms with Crippen LogP contribution in [0.3, 0.4) is 0 Å². The molecule has 2 fully saturated rings. The van der Waals surface area contributed by atoms with Crippen LogP contribution in [-0.4, -0.2) is 24.0 Å². The van der Waals surface area contributed by atoms with Crippen molar-refractivity contribution >= 4 is 0 Å². The van der Waals surface area contributed by atoms with Crippen LogP contribution in [0.1, 0.15) is 39.0 Å². The Morgan fingerprint density at radius 3 is 2.57 bits per heavy atom. The highest BCUT2D eigenvalue weighted by Crippen LogP contribution is 2.40. The Morgan fingerprint density at radius 2 is 2.00 bits per heavy atom. The van der Waals surface area contributed by atoms with E-state index >= 15 is 0 Å². The number of nitrogens with zero attached hydrogens (tertiary/aromatic N) is 2. The van der Waals surface area contributed by atoms with Gasteiger partial charge in [-0.25, -0.2) is 0 Å². The van der Waals surface area contributed by atoms with Crippen molar-refractivity contribution < 1.29 is 0 Å². The third-order valence-corrected chi connectivity index (χ3v) is 3.95. The lowest BCUT2D eigenvalue weighted by Crippen LogP contribution is -2.54. The minimum Gasteiger partial charge on any atom is -0.299 e. The first kappa shape index (κ1) is 9.98. The molecule has 78 valence electrons. The molecule has 0 amide bonds. The molecule has 2 nitrogen and oxygen atoms in total. The Balaban J connectivity index is 1.95. The summed E-state index contributed by atoms with van der Waals surface area (Å²) in [7, 11) is 0. The predicted molar refractivity (Wildman–Crippen MR) is 56.7 cm³/mol. The Bertz CT molecular complexity index is 225. The van der Waals surface area contributed by atoms with E-state index < -0.39 is 0 Å². The second kappa shape index (κ2) is 4.31. The van der Waals surface area contributed by atoms with Crippen LogP contribution >= 0.6 is 0 Å². The number of likely N-dealkylation sites (tertiary alicyclic amines) is 1. The van der Waals surface area contributed by atoms with E-state index in [4.69, 9.17) is 5.26 Å². The SMILES string of the molecule is CC[C@@H]1C[C@H](C#N)[C@@H]1N1CCCCC1. The van der Waals surface area contributed by atoms with Gasteiger partial charge in [0, 0.05) is 6.04 Å². The molecule has 2 aliphatic rings. The topological polar surface area (TPSA) is 27.0 Å². The molecule has 0 aromatic heterocycles. The first-order valence-corrected chi connectivity index (χ1v) is 6.00. The molecule has 0 aromatic carbocycles. The molecular weight excluding hydrogens is 172 g/mol. The molecule has 0 aromatic rings. The molecule has 3 atom stereocenters. The molecule has 0 radical (unpaired) electrons. The van der Waals surface area contributed by atoms with Crippen LogP contribution in [0, 0.1) is 23.2 Å². The van der Waals surface area contributed by atoms with Crippen LogP contribution < -0.4 is 0 Å². The van der Waals surface area contributed by atoms with E-state index in [0.29, 0.717) is 12.0 Å². The maximum absolute atomic E-state index is 9.02. The number of rotatable bonds is 2. The van der Waals surface area contributed by atoms with E-state index in [1.807, 2.05) is 0 Å². The lowest BCUT2D eigenvalue weighted by Gasteiger charge is -2.49. The molecule has 0 unspecified atom stereocenters. The van der Waals surface area contributed by atoms with Crippen molar-refractivity contribution in [3.05, 3.63) is 0 Å². The number of hydrogen-bond donors (Lipinski definition) is 0. The molecule has 2 heteroatoms. The summed E-state index contributed by atoms with van der Waals surface area (Å²) in [6.07, 6.45) is 6.46. The third-order valence-electron chi connectivity index (χ3n) is 3.95. The Kier molecular flexibility index (Phi) is 3.08. The van der Waals surface area contributed by atoms with E-state index in [0.717, 1.165) is 12.3 Å². The lowest BCUT2D eigenvalue weighted by atomic mass is 9.68. The summed E-state index contributed by atoms with van der Waals surface area (Å²) in [4.78, 5) is 2.58. The monoisotopic (exact) mass is 192 g/mol. The smallest absolute Gasteiger partial charge is 0.0672 e. The van der Waals surface area contributed by atoms with Gasteiger partial charge in [-0.05, 0) is 38.3 Å². The number of piperidine rings is 1. The van der Waals surface area contributed by atoms with Gasteiger partial charge in [0.25, 0.3) is 0 Å². The highest BCUT2D eigenvalue weighted by atomic mass is 15.2. The van der Waals surface area contributed by atoms with Crippen molar-refractivity contribution in [1.82, 2.24) is 4.90 Å². The maximum atomic E-state index is 9.02. The summed E-state index contributed by atoms with van der Waals surface area (Å²) >= 11 is 0. The predicted octanol–water partition coefficient (Wildman–Crippen LogP) is 2.41. The van der Waals surface area contributed by atoms with Gasteiger partial charge in [-0.15, -0.1) is 0 Å². The number of hydrogen-bond acceptors (Lipinski definition) is 2. The third kappa shape index (κ3) is 1.66. The van der Waals surface area contributed by atoms with Gasteiger partial charge in [-0.3, -0.25) is 4.90 Å². The van der Waals surface area contributed by atoms with Crippen molar-refractivity contribution in [2.75, 3.05) is 13.1 Å². The Labute approximate surface area is 86.9 Å². The first-order valence-electron chi connectivity index (χ1n) is 6.00. The van der Waals surface area contributed by atoms with Gasteiger partial charge in [-0.2, -0.15) is 5.26 Å². The zero-order valence-electron chi connectivity index (χ0n) is 9.08. The quantitative estimate of drug-likeness (QED) is 0.672. The summed E-state index contributed by atoms with van der Waals surface area (Å²) in [6, 6.07) is 3.07. The molecule has 0 spiro atoms. The Hall–Kier alpha value is -0.550. The highest BCUT2D eigenvalue weighted by Gasteiger charge is 2.43. The molecule has 14 heavy (non-hydrogen) atoms. The fraction of sp³-hybridized carbons (Fsp3) is 0.917. The Morgan fingerprint density at radius 1 is 1.29 bits per heavy atom. The fourth-order valence-electron chi connectivity index (χ4n) is 3.04. The zero-order chi connectivity index (χ0) is 9.97. The molecule has 1 heterocycles. The average molecular weight is 192 g/mol. The second-order valence-corrected chi connectivity index (χ2v) is 4.73. The van der Waals surface area contributed by atoms with E-state index in [9.17, 15) is 0 Å². The largest absolute Gasteiger partial charge is 0.299 e. The zero-order valence-corrected chi connectivity index (χ0v) is 9.08. The standard InChI is InChI=1S/C12H20N2/c1-2-10-8-11(9-13)12(10)14-6-4-3-5-7-14/h10-12H,2-8H2,1H3/t10-,11-,12-/m1/s1. The summed E-state index contributed by atoms with van der Waals surface area (Å²) in [5.41, 5.74) is 0. The van der Waals surface area contributed by atoms with Crippen LogP contribution in [0.15, 0.2) is 0 Å². The molecule has 1 aliphatic carbocycles. The van der Waals surface area contributed by atoms with Crippen LogP contribution in [0.5, 0.6) is 0 Å². The second-order valence-electron chi connectivity index (χ2n) is 4.73. The van der Waals surface area contributed by atoms with E-state index in [1.54, 1.807) is 0 Å². The van der Waals surface area contributed by atoms with Gasteiger partial charge in [0.15, 0.2) is 0 Å². The molecule has 1 saturated carbocycles. The minimum absolute atomic E-state index is 0.332. The molecule has 2 rings (SSSR count). The van der Waals surface area contributed by atoms with Gasteiger partial charge in [-0.1, -0.05) is 19.8 Å². The van der Waals surface area contributed by atoms with Crippen molar-refractivity contribution in [2.24, 2.45) is 11.8 Å². The molecule has 0 bridgehead atoms. The van der Waals surface area contributed by atoms with Crippen molar-refractivity contribution in [3.63, 3.8) is 0 Å². The lowest BCUT2D eigenvalue weighted by molar-refractivity contribution is 0.0109. The molecule has 1 saturated heterocycles. The first-order chi connectivity index (χ1) is 6.86. The van der Waals surface area contributed by atoms with Crippen LogP contribution in [0.2, 0.25) is 0 Å². The van der Waals surface area contributed by atoms with Crippen molar-refractivity contribution in [2.45, 2.75) is 45.1 Å². The van der Waals surface area contributed by atoms with E-state index in [2.05, 4.69) is 17.9 Å². The van der Waals surface area contributed by atoms with Gasteiger partial charge in [0.2, 0.25) is 0 Å². The van der Waals surface area contributed by atoms with E-state index in [1.165, 1.54) is 38.8 Å². The highest BCUT2D eigenvalue weighted by molar-refractivity contribution is 5.05. The molecule has 0 N–H and O–H groups in total. The van der Waals surface area contributed by atoms with Gasteiger partial charge in [0.05, 0.1) is 12.0 Å². The minimum atomic E-state index is 0.332. The van der Waals surface area contributed by atoms with Gasteiger partial charge >= 0.3 is 0 Å². The van der Waals surface area contributed by atoms with Gasteiger partial charge in [0.1, 0.15) is 0 Å². The van der Waals surface area contributed by atoms with Crippen molar-refractivity contribution in [3.8, 4) is 6.07 Å². The van der Waals surface area contributed by atoms with Crippen LogP contribution in [0.25, 0.3) is 0 Å². The van der Waals surface area contributed by atoms with E-state index in [-0.39, 0.29) is 0 Å². The van der Waals surface area contributed by atoms with Crippen LogP contribution in [0.4, 0.5) is 0 Å². The summed E-state index contributed by atoms with van der Waals surface area (Å²) in [5, 5.41) is 9.02. The molecule has 1 aliphatic heterocycles. The summed E-state index contributed by atoms with van der Waals surface area (Å²) in [6.45, 7) is 4.73. The maximum Gasteiger partial charge on any atom is 0.0672 e. The summed E-state index contributed by atoms with van der Waals surface area (Å²) in [5.74, 6) is 1.13. The fourth-order valence-corrected chi connectivity index (χ4v) is 3.04. The number of nitriles is 1.